The number of anilines is 3. The fourth-order valence-corrected chi connectivity index (χ4v) is 6.16. The van der Waals surface area contributed by atoms with Gasteiger partial charge in [0.2, 0.25) is 0 Å². The second-order valence-electron chi connectivity index (χ2n) is 12.4. The highest BCUT2D eigenvalue weighted by Gasteiger charge is 2.29. The van der Waals surface area contributed by atoms with Crippen molar-refractivity contribution in [1.29, 1.82) is 5.26 Å². The summed E-state index contributed by atoms with van der Waals surface area (Å²) in [6.07, 6.45) is 5.26. The Hall–Kier alpha value is -4.30. The summed E-state index contributed by atoms with van der Waals surface area (Å²) >= 11 is 12.2. The lowest BCUT2D eigenvalue weighted by atomic mass is 9.98. The third-order valence-electron chi connectivity index (χ3n) is 8.36. The van der Waals surface area contributed by atoms with Gasteiger partial charge in [-0.2, -0.15) is 5.26 Å². The predicted molar refractivity (Wildman–Crippen MR) is 178 cm³/mol. The second kappa shape index (κ2) is 12.8. The van der Waals surface area contributed by atoms with E-state index in [0.717, 1.165) is 31.5 Å². The molecule has 6 rings (SSSR count). The SMILES string of the molecule is CC(C)(C)N1CCC(n2cc([C@@H](Nc3cc(F)cc4c(Nc5ccc(F)c(Cl)c5)c(C#N)cnc34)c3ccc(Cl)cc3)nn2)CC1. The van der Waals surface area contributed by atoms with Gasteiger partial charge in [0.15, 0.2) is 0 Å². The fraction of sp³-hybridized carbons (Fsp3) is 0.294. The third kappa shape index (κ3) is 6.63. The molecule has 0 aliphatic carbocycles. The zero-order valence-corrected chi connectivity index (χ0v) is 27.0. The first-order valence-corrected chi connectivity index (χ1v) is 15.7. The normalized spacial score (nSPS) is 15.1. The Labute approximate surface area is 275 Å². The van der Waals surface area contributed by atoms with Gasteiger partial charge >= 0.3 is 0 Å². The van der Waals surface area contributed by atoms with E-state index < -0.39 is 17.7 Å². The largest absolute Gasteiger partial charge is 0.371 e. The Bertz CT molecular complexity index is 1920. The van der Waals surface area contributed by atoms with Crippen molar-refractivity contribution >= 4 is 51.2 Å². The summed E-state index contributed by atoms with van der Waals surface area (Å²) in [6.45, 7) is 8.62. The number of aromatic nitrogens is 4. The van der Waals surface area contributed by atoms with E-state index >= 15 is 4.39 Å². The minimum atomic E-state index is -0.578. The number of pyridine rings is 1. The van der Waals surface area contributed by atoms with Gasteiger partial charge in [0.1, 0.15) is 23.4 Å². The van der Waals surface area contributed by atoms with E-state index in [-0.39, 0.29) is 22.2 Å². The number of benzene rings is 3. The summed E-state index contributed by atoms with van der Waals surface area (Å²) < 4.78 is 31.1. The van der Waals surface area contributed by atoms with Crippen LogP contribution in [-0.2, 0) is 0 Å². The second-order valence-corrected chi connectivity index (χ2v) is 13.2. The van der Waals surface area contributed by atoms with Crippen LogP contribution in [0.2, 0.25) is 10.0 Å². The molecule has 8 nitrogen and oxygen atoms in total. The quantitative estimate of drug-likeness (QED) is 0.180. The molecule has 1 saturated heterocycles. The van der Waals surface area contributed by atoms with Crippen molar-refractivity contribution in [1.82, 2.24) is 24.9 Å². The lowest BCUT2D eigenvalue weighted by Gasteiger charge is -2.40. The highest BCUT2D eigenvalue weighted by atomic mass is 35.5. The minimum Gasteiger partial charge on any atom is -0.371 e. The number of halogens is 4. The van der Waals surface area contributed by atoms with Crippen molar-refractivity contribution in [2.45, 2.75) is 51.2 Å². The van der Waals surface area contributed by atoms with Gasteiger partial charge in [0, 0.05) is 40.9 Å². The monoisotopic (exact) mass is 660 g/mol. The number of nitriles is 1. The molecule has 0 unspecified atom stereocenters. The molecule has 1 fully saturated rings. The molecule has 2 aromatic heterocycles. The number of fused-ring (bicyclic) bond motifs is 1. The van der Waals surface area contributed by atoms with Crippen LogP contribution in [0.3, 0.4) is 0 Å². The van der Waals surface area contributed by atoms with Gasteiger partial charge in [0.25, 0.3) is 0 Å². The van der Waals surface area contributed by atoms with E-state index in [9.17, 15) is 9.65 Å². The van der Waals surface area contributed by atoms with E-state index in [0.29, 0.717) is 38.7 Å². The highest BCUT2D eigenvalue weighted by molar-refractivity contribution is 6.31. The first kappa shape index (κ1) is 31.7. The molecule has 3 aromatic carbocycles. The summed E-state index contributed by atoms with van der Waals surface area (Å²) in [7, 11) is 0. The minimum absolute atomic E-state index is 0.0889. The fourth-order valence-electron chi connectivity index (χ4n) is 5.86. The number of nitrogens with one attached hydrogen (secondary N) is 2. The van der Waals surface area contributed by atoms with E-state index in [4.69, 9.17) is 23.2 Å². The Balaban J connectivity index is 1.38. The Morgan fingerprint density at radius 1 is 1.02 bits per heavy atom. The van der Waals surface area contributed by atoms with E-state index in [2.05, 4.69) is 57.7 Å². The molecule has 5 aromatic rings. The molecule has 1 aliphatic rings. The number of likely N-dealkylation sites (tertiary alicyclic amines) is 1. The molecule has 46 heavy (non-hydrogen) atoms. The summed E-state index contributed by atoms with van der Waals surface area (Å²) in [5.41, 5.74) is 3.31. The van der Waals surface area contributed by atoms with Crippen molar-refractivity contribution in [3.05, 3.63) is 105 Å². The van der Waals surface area contributed by atoms with Crippen LogP contribution >= 0.6 is 23.2 Å². The summed E-state index contributed by atoms with van der Waals surface area (Å²) in [5.74, 6) is -1.12. The molecule has 0 radical (unpaired) electrons. The zero-order valence-electron chi connectivity index (χ0n) is 25.5. The first-order valence-electron chi connectivity index (χ1n) is 14.9. The van der Waals surface area contributed by atoms with Gasteiger partial charge in [-0.3, -0.25) is 9.88 Å². The average molecular weight is 662 g/mol. The maximum absolute atomic E-state index is 15.3. The van der Waals surface area contributed by atoms with Crippen molar-refractivity contribution in [2.75, 3.05) is 23.7 Å². The summed E-state index contributed by atoms with van der Waals surface area (Å²) in [5, 5.41) is 26.4. The Kier molecular flexibility index (Phi) is 8.84. The molecule has 236 valence electrons. The van der Waals surface area contributed by atoms with Crippen LogP contribution in [0.25, 0.3) is 10.9 Å². The molecule has 2 N–H and O–H groups in total. The summed E-state index contributed by atoms with van der Waals surface area (Å²) in [6, 6.07) is 15.9. The van der Waals surface area contributed by atoms with Crippen LogP contribution in [0.5, 0.6) is 0 Å². The van der Waals surface area contributed by atoms with Crippen LogP contribution in [-0.4, -0.2) is 43.5 Å². The van der Waals surface area contributed by atoms with Crippen molar-refractivity contribution in [3.63, 3.8) is 0 Å². The lowest BCUT2D eigenvalue weighted by molar-refractivity contribution is 0.0866. The van der Waals surface area contributed by atoms with Gasteiger partial charge in [-0.25, -0.2) is 13.5 Å². The van der Waals surface area contributed by atoms with Gasteiger partial charge in [0.05, 0.1) is 45.8 Å². The van der Waals surface area contributed by atoms with Crippen LogP contribution in [0, 0.1) is 23.0 Å². The van der Waals surface area contributed by atoms with Gasteiger partial charge in [-0.1, -0.05) is 40.5 Å². The van der Waals surface area contributed by atoms with Gasteiger partial charge in [-0.15, -0.1) is 5.10 Å². The molecule has 0 saturated carbocycles. The smallest absolute Gasteiger partial charge is 0.141 e. The maximum Gasteiger partial charge on any atom is 0.141 e. The highest BCUT2D eigenvalue weighted by Crippen LogP contribution is 2.37. The Morgan fingerprint density at radius 3 is 2.43 bits per heavy atom. The molecular weight excluding hydrogens is 629 g/mol. The van der Waals surface area contributed by atoms with Gasteiger partial charge < -0.3 is 10.6 Å². The van der Waals surface area contributed by atoms with E-state index in [1.165, 1.54) is 36.5 Å². The van der Waals surface area contributed by atoms with Crippen LogP contribution in [0.4, 0.5) is 25.8 Å². The Morgan fingerprint density at radius 2 is 1.76 bits per heavy atom. The molecular formula is C34H32Cl2F2N8. The summed E-state index contributed by atoms with van der Waals surface area (Å²) in [4.78, 5) is 7.02. The van der Waals surface area contributed by atoms with Crippen LogP contribution in [0.15, 0.2) is 67.0 Å². The van der Waals surface area contributed by atoms with E-state index in [1.807, 2.05) is 23.0 Å². The number of hydrogen-bond donors (Lipinski definition) is 2. The number of rotatable bonds is 7. The number of nitrogens with zero attached hydrogens (tertiary/aromatic N) is 6. The van der Waals surface area contributed by atoms with Crippen molar-refractivity contribution in [3.8, 4) is 6.07 Å². The van der Waals surface area contributed by atoms with E-state index in [1.54, 1.807) is 12.1 Å². The molecule has 0 spiro atoms. The van der Waals surface area contributed by atoms with Crippen molar-refractivity contribution in [2.24, 2.45) is 0 Å². The molecule has 1 aliphatic heterocycles. The third-order valence-corrected chi connectivity index (χ3v) is 8.90. The standard InChI is InChI=1S/C34H32Cl2F2N8/c1-34(2,3)45-12-10-25(11-13-45)46-19-30(43-44-46)32(20-4-6-22(35)7-5-20)42-29-15-23(37)14-26-31(21(17-39)18-40-33(26)29)41-24-8-9-28(38)27(36)16-24/h4-9,14-16,18-19,25,32,42H,10-13H2,1-3H3,(H,40,41)/t32-/m0/s1. The topological polar surface area (TPSA) is 94.7 Å². The van der Waals surface area contributed by atoms with Crippen LogP contribution < -0.4 is 10.6 Å². The van der Waals surface area contributed by atoms with Crippen molar-refractivity contribution < 1.29 is 8.78 Å². The molecule has 1 atom stereocenters. The molecule has 0 amide bonds. The zero-order chi connectivity index (χ0) is 32.6. The molecule has 12 heteroatoms. The number of piperidine rings is 1. The van der Waals surface area contributed by atoms with Gasteiger partial charge in [-0.05, 0) is 81.6 Å². The lowest BCUT2D eigenvalue weighted by Crippen LogP contribution is -2.46. The first-order chi connectivity index (χ1) is 22.0. The average Bonchev–Trinajstić information content (AvgIpc) is 3.52. The molecule has 3 heterocycles. The number of hydrogen-bond acceptors (Lipinski definition) is 7. The predicted octanol–water partition coefficient (Wildman–Crippen LogP) is 8.66. The molecule has 0 bridgehead atoms. The van der Waals surface area contributed by atoms with Crippen LogP contribution in [0.1, 0.15) is 62.5 Å². The maximum atomic E-state index is 15.3.